The molecule has 0 unspecified atom stereocenters. The van der Waals surface area contributed by atoms with Crippen molar-refractivity contribution in [2.75, 3.05) is 13.1 Å². The Morgan fingerprint density at radius 1 is 1.42 bits per heavy atom. The van der Waals surface area contributed by atoms with E-state index in [0.29, 0.717) is 31.8 Å². The first-order valence-electron chi connectivity index (χ1n) is 8.08. The van der Waals surface area contributed by atoms with Crippen molar-refractivity contribution in [1.29, 1.82) is 0 Å². The lowest BCUT2D eigenvalue weighted by molar-refractivity contribution is -0.127. The molecule has 1 aromatic heterocycles. The fourth-order valence-corrected chi connectivity index (χ4v) is 2.53. The van der Waals surface area contributed by atoms with Gasteiger partial charge in [0.05, 0.1) is 0 Å². The number of ether oxygens (including phenoxy) is 1. The minimum absolute atomic E-state index is 0.230. The van der Waals surface area contributed by atoms with Gasteiger partial charge in [-0.1, -0.05) is 5.16 Å². The molecule has 9 nitrogen and oxygen atoms in total. The fourth-order valence-electron chi connectivity index (χ4n) is 2.53. The quantitative estimate of drug-likeness (QED) is 0.837. The number of hydrogen-bond acceptors (Lipinski definition) is 6. The number of aromatic nitrogens is 2. The summed E-state index contributed by atoms with van der Waals surface area (Å²) in [6.07, 6.45) is 2.21. The predicted molar refractivity (Wildman–Crippen MR) is 84.4 cm³/mol. The first-order chi connectivity index (χ1) is 11.3. The number of likely N-dealkylation sites (tertiary alicyclic amines) is 1. The van der Waals surface area contributed by atoms with Crippen molar-refractivity contribution >= 4 is 12.0 Å². The highest BCUT2D eigenvalue weighted by molar-refractivity contribution is 5.85. The zero-order chi connectivity index (χ0) is 17.7. The van der Waals surface area contributed by atoms with Crippen molar-refractivity contribution in [3.05, 3.63) is 16.4 Å². The van der Waals surface area contributed by atoms with E-state index in [2.05, 4.69) is 20.0 Å². The first kappa shape index (κ1) is 18.0. The number of carbonyl (C=O) groups is 2. The largest absolute Gasteiger partial charge is 0.444 e. The number of rotatable bonds is 4. The number of piperidine rings is 1. The van der Waals surface area contributed by atoms with Crippen molar-refractivity contribution in [2.45, 2.75) is 58.1 Å². The molecule has 0 bridgehead atoms. The Morgan fingerprint density at radius 2 is 2.17 bits per heavy atom. The van der Waals surface area contributed by atoms with Gasteiger partial charge in [-0.3, -0.25) is 19.2 Å². The fraction of sp³-hybridized carbons (Fsp3) is 0.733. The molecule has 2 heterocycles. The Labute approximate surface area is 139 Å². The lowest BCUT2D eigenvalue weighted by Crippen LogP contribution is -2.53. The van der Waals surface area contributed by atoms with Crippen LogP contribution in [0, 0.1) is 0 Å². The molecule has 134 valence electrons. The summed E-state index contributed by atoms with van der Waals surface area (Å²) in [6, 6.07) is -0.537. The summed E-state index contributed by atoms with van der Waals surface area (Å²) in [5.74, 6) is -0.487. The van der Waals surface area contributed by atoms with Gasteiger partial charge in [0.2, 0.25) is 5.91 Å². The molecule has 1 atom stereocenters. The highest BCUT2D eigenvalue weighted by Gasteiger charge is 2.34. The monoisotopic (exact) mass is 340 g/mol. The third-order valence-corrected chi connectivity index (χ3v) is 3.58. The SMILES string of the molecule is CC(C)(C)OC(=O)N1CCCC[C@H]1C(=O)NCCc1noc(=O)[nH]1. The number of nitrogens with zero attached hydrogens (tertiary/aromatic N) is 2. The van der Waals surface area contributed by atoms with Crippen LogP contribution in [0.4, 0.5) is 4.79 Å². The van der Waals surface area contributed by atoms with Gasteiger partial charge in [0.25, 0.3) is 0 Å². The molecule has 1 saturated heterocycles. The second kappa shape index (κ2) is 7.50. The van der Waals surface area contributed by atoms with E-state index >= 15 is 0 Å². The van der Waals surface area contributed by atoms with Crippen LogP contribution in [0.1, 0.15) is 45.9 Å². The predicted octanol–water partition coefficient (Wildman–Crippen LogP) is 0.811. The van der Waals surface area contributed by atoms with Crippen molar-refractivity contribution in [2.24, 2.45) is 0 Å². The molecule has 9 heteroatoms. The van der Waals surface area contributed by atoms with E-state index in [1.165, 1.54) is 4.90 Å². The molecule has 2 rings (SSSR count). The zero-order valence-corrected chi connectivity index (χ0v) is 14.3. The Kier molecular flexibility index (Phi) is 5.63. The summed E-state index contributed by atoms with van der Waals surface area (Å²) in [7, 11) is 0. The van der Waals surface area contributed by atoms with Gasteiger partial charge >= 0.3 is 11.8 Å². The molecule has 0 spiro atoms. The van der Waals surface area contributed by atoms with Gasteiger partial charge in [0, 0.05) is 19.5 Å². The van der Waals surface area contributed by atoms with E-state index in [9.17, 15) is 14.4 Å². The molecule has 24 heavy (non-hydrogen) atoms. The summed E-state index contributed by atoms with van der Waals surface area (Å²) in [5.41, 5.74) is -0.603. The van der Waals surface area contributed by atoms with E-state index in [1.807, 2.05) is 0 Å². The first-order valence-corrected chi connectivity index (χ1v) is 8.08. The maximum Gasteiger partial charge on any atom is 0.438 e. The maximum atomic E-state index is 12.4. The molecule has 1 aromatic rings. The van der Waals surface area contributed by atoms with Crippen LogP contribution in [0.15, 0.2) is 9.32 Å². The van der Waals surface area contributed by atoms with Crippen LogP contribution in [0.5, 0.6) is 0 Å². The second-order valence-corrected chi connectivity index (χ2v) is 6.77. The van der Waals surface area contributed by atoms with E-state index in [1.54, 1.807) is 20.8 Å². The number of nitrogens with one attached hydrogen (secondary N) is 2. The molecule has 0 aromatic carbocycles. The molecule has 2 N–H and O–H groups in total. The topological polar surface area (TPSA) is 118 Å². The normalized spacial score (nSPS) is 18.3. The molecule has 0 saturated carbocycles. The molecule has 1 aliphatic heterocycles. The number of aromatic amines is 1. The minimum atomic E-state index is -0.625. The smallest absolute Gasteiger partial charge is 0.438 e. The van der Waals surface area contributed by atoms with E-state index in [-0.39, 0.29) is 5.91 Å². The average molecular weight is 340 g/mol. The van der Waals surface area contributed by atoms with Crippen LogP contribution < -0.4 is 11.1 Å². The van der Waals surface area contributed by atoms with Gasteiger partial charge in [-0.2, -0.15) is 0 Å². The van der Waals surface area contributed by atoms with Gasteiger partial charge in [-0.05, 0) is 40.0 Å². The zero-order valence-electron chi connectivity index (χ0n) is 14.3. The van der Waals surface area contributed by atoms with Crippen LogP contribution in [-0.2, 0) is 16.0 Å². The highest BCUT2D eigenvalue weighted by Crippen LogP contribution is 2.20. The van der Waals surface area contributed by atoms with Crippen LogP contribution >= 0.6 is 0 Å². The summed E-state index contributed by atoms with van der Waals surface area (Å²) < 4.78 is 9.77. The lowest BCUT2D eigenvalue weighted by atomic mass is 10.0. The van der Waals surface area contributed by atoms with Crippen LogP contribution in [0.25, 0.3) is 0 Å². The molecule has 2 amide bonds. The summed E-state index contributed by atoms with van der Waals surface area (Å²) in [5, 5.41) is 6.30. The average Bonchev–Trinajstić information content (AvgIpc) is 2.91. The van der Waals surface area contributed by atoms with E-state index in [4.69, 9.17) is 4.74 Å². The Morgan fingerprint density at radius 3 is 2.79 bits per heavy atom. The summed E-state index contributed by atoms with van der Waals surface area (Å²) in [4.78, 5) is 39.4. The van der Waals surface area contributed by atoms with Crippen LogP contribution in [0.2, 0.25) is 0 Å². The molecular weight excluding hydrogens is 316 g/mol. The number of amides is 2. The summed E-state index contributed by atoms with van der Waals surface area (Å²) in [6.45, 7) is 6.18. The maximum absolute atomic E-state index is 12.4. The van der Waals surface area contributed by atoms with Gasteiger partial charge in [-0.15, -0.1) is 0 Å². The van der Waals surface area contributed by atoms with Gasteiger partial charge < -0.3 is 10.1 Å². The molecule has 0 radical (unpaired) electrons. The third kappa shape index (κ3) is 5.10. The van der Waals surface area contributed by atoms with Crippen molar-refractivity contribution < 1.29 is 18.8 Å². The summed E-state index contributed by atoms with van der Waals surface area (Å²) >= 11 is 0. The number of hydrogen-bond donors (Lipinski definition) is 2. The van der Waals surface area contributed by atoms with E-state index < -0.39 is 23.5 Å². The van der Waals surface area contributed by atoms with Crippen LogP contribution in [-0.4, -0.2) is 51.8 Å². The van der Waals surface area contributed by atoms with Crippen molar-refractivity contribution in [3.63, 3.8) is 0 Å². The van der Waals surface area contributed by atoms with Crippen LogP contribution in [0.3, 0.4) is 0 Å². The lowest BCUT2D eigenvalue weighted by Gasteiger charge is -2.35. The minimum Gasteiger partial charge on any atom is -0.444 e. The highest BCUT2D eigenvalue weighted by atomic mass is 16.6. The van der Waals surface area contributed by atoms with Gasteiger partial charge in [-0.25, -0.2) is 9.59 Å². The van der Waals surface area contributed by atoms with Gasteiger partial charge in [0.15, 0.2) is 5.82 Å². The standard InChI is InChI=1S/C15H24N4O5/c1-15(2,3)23-14(22)19-9-5-4-6-10(19)12(20)16-8-7-11-17-13(21)24-18-11/h10H,4-9H2,1-3H3,(H,16,20)(H,17,18,21)/t10-/m0/s1. The van der Waals surface area contributed by atoms with Crippen molar-refractivity contribution in [1.82, 2.24) is 20.4 Å². The van der Waals surface area contributed by atoms with E-state index in [0.717, 1.165) is 12.8 Å². The van der Waals surface area contributed by atoms with Gasteiger partial charge in [0.1, 0.15) is 11.6 Å². The van der Waals surface area contributed by atoms with Crippen molar-refractivity contribution in [3.8, 4) is 0 Å². The number of carbonyl (C=O) groups excluding carboxylic acids is 2. The Hall–Kier alpha value is -2.32. The Balaban J connectivity index is 1.89. The third-order valence-electron chi connectivity index (χ3n) is 3.58. The molecular formula is C15H24N4O5. The molecule has 0 aliphatic carbocycles. The molecule has 1 fully saturated rings. The number of H-pyrrole nitrogens is 1. The molecule has 1 aliphatic rings. The second-order valence-electron chi connectivity index (χ2n) is 6.77. The Bertz CT molecular complexity index is 630.